The zero-order valence-corrected chi connectivity index (χ0v) is 17.2. The van der Waals surface area contributed by atoms with Crippen LogP contribution in [0.2, 0.25) is 0 Å². The molecule has 0 aliphatic carbocycles. The molecule has 2 aromatic carbocycles. The predicted molar refractivity (Wildman–Crippen MR) is 111 cm³/mol. The van der Waals surface area contributed by atoms with Crippen molar-refractivity contribution in [3.05, 3.63) is 53.8 Å². The number of ketones is 1. The van der Waals surface area contributed by atoms with Gasteiger partial charge in [-0.25, -0.2) is 4.39 Å². The van der Waals surface area contributed by atoms with Crippen LogP contribution in [-0.2, 0) is 9.59 Å². The summed E-state index contributed by atoms with van der Waals surface area (Å²) in [5, 5.41) is 2.45. The first-order valence-corrected chi connectivity index (χ1v) is 10.1. The van der Waals surface area contributed by atoms with Gasteiger partial charge in [-0.2, -0.15) is 0 Å². The van der Waals surface area contributed by atoms with E-state index in [2.05, 4.69) is 5.32 Å². The third kappa shape index (κ3) is 4.52. The minimum absolute atomic E-state index is 0.0126. The summed E-state index contributed by atoms with van der Waals surface area (Å²) in [4.78, 5) is 38.1. The number of halogens is 1. The maximum absolute atomic E-state index is 13.7. The highest BCUT2D eigenvalue weighted by Crippen LogP contribution is 2.40. The molecule has 1 fully saturated rings. The number of anilines is 1. The molecular weight excluding hydrogens is 403 g/mol. The van der Waals surface area contributed by atoms with Crippen LogP contribution in [0.5, 0.6) is 11.5 Å². The van der Waals surface area contributed by atoms with Gasteiger partial charge in [0.2, 0.25) is 5.91 Å². The number of ether oxygens (including phenoxy) is 2. The van der Waals surface area contributed by atoms with Crippen molar-refractivity contribution in [2.24, 2.45) is 0 Å². The monoisotopic (exact) mass is 426 g/mol. The molecule has 0 bridgehead atoms. The van der Waals surface area contributed by atoms with Crippen molar-refractivity contribution in [2.75, 3.05) is 25.0 Å². The summed E-state index contributed by atoms with van der Waals surface area (Å²) in [6.07, 6.45) is 1.43. The van der Waals surface area contributed by atoms with Gasteiger partial charge in [0.15, 0.2) is 12.4 Å². The lowest BCUT2D eigenvalue weighted by molar-refractivity contribution is -0.132. The SMILES string of the molecule is CC(=O)N1CCC2(CC1)CC(=O)c1ccc(OCC(=O)Nc3ccccc3F)cc1O2. The standard InChI is InChI=1S/C23H23FN2O5/c1-15(27)26-10-8-23(9-11-26)13-20(28)17-7-6-16(12-21(17)31-23)30-14-22(29)25-19-5-3-2-4-18(19)24/h2-7,12H,8-11,13-14H2,1H3,(H,25,29). The summed E-state index contributed by atoms with van der Waals surface area (Å²) < 4.78 is 25.4. The van der Waals surface area contributed by atoms with Crippen molar-refractivity contribution in [1.82, 2.24) is 4.90 Å². The Morgan fingerprint density at radius 2 is 1.94 bits per heavy atom. The van der Waals surface area contributed by atoms with Crippen LogP contribution in [0.25, 0.3) is 0 Å². The van der Waals surface area contributed by atoms with Gasteiger partial charge in [-0.1, -0.05) is 12.1 Å². The van der Waals surface area contributed by atoms with Crippen LogP contribution in [0.3, 0.4) is 0 Å². The highest BCUT2D eigenvalue weighted by molar-refractivity contribution is 6.00. The topological polar surface area (TPSA) is 84.9 Å². The summed E-state index contributed by atoms with van der Waals surface area (Å²) in [6.45, 7) is 2.31. The Kier molecular flexibility index (Phi) is 5.63. The van der Waals surface area contributed by atoms with Crippen molar-refractivity contribution < 1.29 is 28.2 Å². The summed E-state index contributed by atoms with van der Waals surface area (Å²) in [5.41, 5.74) is -0.0752. The fraction of sp³-hybridized carbons (Fsp3) is 0.348. The first-order chi connectivity index (χ1) is 14.8. The van der Waals surface area contributed by atoms with E-state index in [9.17, 15) is 18.8 Å². The van der Waals surface area contributed by atoms with Gasteiger partial charge in [-0.05, 0) is 24.3 Å². The number of rotatable bonds is 4. The Morgan fingerprint density at radius 1 is 1.19 bits per heavy atom. The van der Waals surface area contributed by atoms with Gasteiger partial charge in [0, 0.05) is 38.9 Å². The molecule has 0 aromatic heterocycles. The van der Waals surface area contributed by atoms with Crippen LogP contribution in [0.1, 0.15) is 36.5 Å². The number of amides is 2. The van der Waals surface area contributed by atoms with Crippen LogP contribution in [0.4, 0.5) is 10.1 Å². The van der Waals surface area contributed by atoms with E-state index in [0.29, 0.717) is 43.0 Å². The number of para-hydroxylation sites is 1. The van der Waals surface area contributed by atoms with E-state index >= 15 is 0 Å². The van der Waals surface area contributed by atoms with E-state index in [0.717, 1.165) is 0 Å². The predicted octanol–water partition coefficient (Wildman–Crippen LogP) is 3.19. The molecular formula is C23H23FN2O5. The van der Waals surface area contributed by atoms with Crippen LogP contribution in [-0.4, -0.2) is 47.8 Å². The van der Waals surface area contributed by atoms with E-state index in [1.54, 1.807) is 29.2 Å². The number of carbonyl (C=O) groups excluding carboxylic acids is 3. The number of likely N-dealkylation sites (tertiary alicyclic amines) is 1. The summed E-state index contributed by atoms with van der Waals surface area (Å²) >= 11 is 0. The second-order valence-electron chi connectivity index (χ2n) is 7.87. The third-order valence-corrected chi connectivity index (χ3v) is 5.70. The molecule has 2 aromatic rings. The first-order valence-electron chi connectivity index (χ1n) is 10.1. The summed E-state index contributed by atoms with van der Waals surface area (Å²) in [7, 11) is 0. The normalized spacial score (nSPS) is 17.0. The molecule has 8 heteroatoms. The van der Waals surface area contributed by atoms with Crippen molar-refractivity contribution >= 4 is 23.3 Å². The summed E-state index contributed by atoms with van der Waals surface area (Å²) in [6, 6.07) is 10.7. The van der Waals surface area contributed by atoms with Crippen molar-refractivity contribution in [3.63, 3.8) is 0 Å². The molecule has 7 nitrogen and oxygen atoms in total. The molecule has 1 spiro atoms. The number of nitrogens with zero attached hydrogens (tertiary/aromatic N) is 1. The molecule has 1 saturated heterocycles. The maximum atomic E-state index is 13.7. The van der Waals surface area contributed by atoms with Gasteiger partial charge in [-0.3, -0.25) is 14.4 Å². The molecule has 0 unspecified atom stereocenters. The average molecular weight is 426 g/mol. The second kappa shape index (κ2) is 8.37. The maximum Gasteiger partial charge on any atom is 0.262 e. The molecule has 2 heterocycles. The smallest absolute Gasteiger partial charge is 0.262 e. The molecule has 162 valence electrons. The van der Waals surface area contributed by atoms with Crippen molar-refractivity contribution in [2.45, 2.75) is 31.8 Å². The molecule has 4 rings (SSSR count). The minimum atomic E-state index is -0.628. The lowest BCUT2D eigenvalue weighted by Gasteiger charge is -2.43. The van der Waals surface area contributed by atoms with Gasteiger partial charge in [0.25, 0.3) is 5.91 Å². The van der Waals surface area contributed by atoms with Gasteiger partial charge < -0.3 is 19.7 Å². The number of benzene rings is 2. The molecule has 2 aliphatic heterocycles. The molecule has 2 aliphatic rings. The van der Waals surface area contributed by atoms with E-state index in [-0.39, 0.29) is 30.4 Å². The largest absolute Gasteiger partial charge is 0.486 e. The second-order valence-corrected chi connectivity index (χ2v) is 7.87. The first kappa shape index (κ1) is 20.8. The summed E-state index contributed by atoms with van der Waals surface area (Å²) in [5.74, 6) is -0.248. The fourth-order valence-corrected chi connectivity index (χ4v) is 3.97. The number of hydrogen-bond acceptors (Lipinski definition) is 5. The Bertz CT molecular complexity index is 1030. The quantitative estimate of drug-likeness (QED) is 0.812. The lowest BCUT2D eigenvalue weighted by Crippen LogP contribution is -2.51. The Morgan fingerprint density at radius 3 is 2.65 bits per heavy atom. The fourth-order valence-electron chi connectivity index (χ4n) is 3.97. The molecule has 0 saturated carbocycles. The number of hydrogen-bond donors (Lipinski definition) is 1. The number of nitrogens with one attached hydrogen (secondary N) is 1. The Balaban J connectivity index is 1.41. The minimum Gasteiger partial charge on any atom is -0.486 e. The van der Waals surface area contributed by atoms with Crippen LogP contribution >= 0.6 is 0 Å². The molecule has 31 heavy (non-hydrogen) atoms. The van der Waals surface area contributed by atoms with Gasteiger partial charge in [-0.15, -0.1) is 0 Å². The Hall–Kier alpha value is -3.42. The van der Waals surface area contributed by atoms with E-state index in [1.807, 2.05) is 0 Å². The van der Waals surface area contributed by atoms with E-state index in [4.69, 9.17) is 9.47 Å². The van der Waals surface area contributed by atoms with Gasteiger partial charge in [0.1, 0.15) is 22.9 Å². The van der Waals surface area contributed by atoms with Crippen LogP contribution < -0.4 is 14.8 Å². The molecule has 1 N–H and O–H groups in total. The number of Topliss-reactive ketones (excluding diaryl/α,β-unsaturated/α-hetero) is 1. The molecule has 2 amide bonds. The molecule has 0 radical (unpaired) electrons. The number of fused-ring (bicyclic) bond motifs is 1. The average Bonchev–Trinajstić information content (AvgIpc) is 2.74. The zero-order chi connectivity index (χ0) is 22.0. The van der Waals surface area contributed by atoms with Gasteiger partial charge >= 0.3 is 0 Å². The van der Waals surface area contributed by atoms with Crippen LogP contribution in [0, 0.1) is 5.82 Å². The van der Waals surface area contributed by atoms with Crippen molar-refractivity contribution in [3.8, 4) is 11.5 Å². The van der Waals surface area contributed by atoms with E-state index < -0.39 is 17.3 Å². The van der Waals surface area contributed by atoms with Crippen LogP contribution in [0.15, 0.2) is 42.5 Å². The van der Waals surface area contributed by atoms with E-state index in [1.165, 1.54) is 25.1 Å². The zero-order valence-electron chi connectivity index (χ0n) is 17.2. The number of piperidine rings is 1. The van der Waals surface area contributed by atoms with Crippen molar-refractivity contribution in [1.29, 1.82) is 0 Å². The molecule has 0 atom stereocenters. The number of carbonyl (C=O) groups is 3. The lowest BCUT2D eigenvalue weighted by atomic mass is 9.82. The van der Waals surface area contributed by atoms with Gasteiger partial charge in [0.05, 0.1) is 17.7 Å². The highest BCUT2D eigenvalue weighted by atomic mass is 19.1. The Labute approximate surface area is 179 Å². The highest BCUT2D eigenvalue weighted by Gasteiger charge is 2.43. The third-order valence-electron chi connectivity index (χ3n) is 5.70.